The van der Waals surface area contributed by atoms with Crippen LogP contribution in [0.1, 0.15) is 5.56 Å². The first-order valence-corrected chi connectivity index (χ1v) is 9.91. The fourth-order valence-corrected chi connectivity index (χ4v) is 3.38. The molecule has 1 aliphatic heterocycles. The number of aliphatic hydroxyl groups excluding tert-OH is 1. The number of nitro groups is 1. The van der Waals surface area contributed by atoms with Crippen molar-refractivity contribution in [1.82, 2.24) is 4.90 Å². The number of nitro benzene ring substituents is 1. The number of nitrogens with zero attached hydrogens (tertiary/aromatic N) is 5. The summed E-state index contributed by atoms with van der Waals surface area (Å²) in [6.07, 6.45) is 1.64. The molecule has 0 bridgehead atoms. The molecule has 2 aromatic rings. The van der Waals surface area contributed by atoms with Gasteiger partial charge in [0.25, 0.3) is 5.69 Å². The maximum absolute atomic E-state index is 11.4. The average Bonchev–Trinajstić information content (AvgIpc) is 2.74. The molecule has 0 unspecified atom stereocenters. The quantitative estimate of drug-likeness (QED) is 0.390. The second kappa shape index (κ2) is 10.0. The lowest BCUT2D eigenvalue weighted by atomic mass is 10.2. The van der Waals surface area contributed by atoms with E-state index in [2.05, 4.69) is 20.3 Å². The smallest absolute Gasteiger partial charge is 0.294 e. The zero-order chi connectivity index (χ0) is 21.5. The summed E-state index contributed by atoms with van der Waals surface area (Å²) in [7, 11) is 3.95. The van der Waals surface area contributed by atoms with Gasteiger partial charge in [0.2, 0.25) is 0 Å². The van der Waals surface area contributed by atoms with E-state index in [0.717, 1.165) is 43.1 Å². The summed E-state index contributed by atoms with van der Waals surface area (Å²) in [6, 6.07) is 12.9. The molecule has 1 heterocycles. The van der Waals surface area contributed by atoms with Crippen LogP contribution < -0.4 is 15.2 Å². The van der Waals surface area contributed by atoms with Crippen LogP contribution in [-0.4, -0.2) is 74.6 Å². The molecule has 2 N–H and O–H groups in total. The van der Waals surface area contributed by atoms with Crippen molar-refractivity contribution in [2.75, 3.05) is 68.7 Å². The molecule has 0 saturated carbocycles. The number of piperazine rings is 1. The Balaban J connectivity index is 1.71. The topological polar surface area (TPSA) is 97.5 Å². The number of nitrogens with one attached hydrogen (secondary N) is 1. The Kier molecular flexibility index (Phi) is 7.21. The molecule has 0 atom stereocenters. The van der Waals surface area contributed by atoms with Gasteiger partial charge in [0.1, 0.15) is 5.69 Å². The number of hydrogen-bond donors (Lipinski definition) is 2. The minimum Gasteiger partial charge on any atom is -0.395 e. The maximum Gasteiger partial charge on any atom is 0.294 e. The van der Waals surface area contributed by atoms with E-state index in [1.807, 2.05) is 43.3 Å². The summed E-state index contributed by atoms with van der Waals surface area (Å²) in [4.78, 5) is 17.4. The highest BCUT2D eigenvalue weighted by Crippen LogP contribution is 2.30. The van der Waals surface area contributed by atoms with Crippen LogP contribution in [0, 0.1) is 10.1 Å². The van der Waals surface area contributed by atoms with E-state index < -0.39 is 4.92 Å². The summed E-state index contributed by atoms with van der Waals surface area (Å²) in [5, 5.41) is 24.7. The zero-order valence-electron chi connectivity index (χ0n) is 17.4. The van der Waals surface area contributed by atoms with Crippen LogP contribution in [0.15, 0.2) is 47.6 Å². The summed E-state index contributed by atoms with van der Waals surface area (Å²) >= 11 is 0. The molecular weight excluding hydrogens is 384 g/mol. The Morgan fingerprint density at radius 1 is 1.17 bits per heavy atom. The van der Waals surface area contributed by atoms with Crippen LogP contribution in [0.25, 0.3) is 0 Å². The predicted molar refractivity (Wildman–Crippen MR) is 121 cm³/mol. The molecule has 160 valence electrons. The molecule has 2 aromatic carbocycles. The van der Waals surface area contributed by atoms with Gasteiger partial charge in [-0.05, 0) is 29.8 Å². The van der Waals surface area contributed by atoms with Crippen molar-refractivity contribution < 1.29 is 10.0 Å². The van der Waals surface area contributed by atoms with Crippen molar-refractivity contribution in [3.63, 3.8) is 0 Å². The number of anilines is 3. The Labute approximate surface area is 176 Å². The van der Waals surface area contributed by atoms with Crippen molar-refractivity contribution in [1.29, 1.82) is 0 Å². The maximum atomic E-state index is 11.4. The van der Waals surface area contributed by atoms with Crippen LogP contribution in [0.5, 0.6) is 0 Å². The van der Waals surface area contributed by atoms with E-state index in [1.165, 1.54) is 6.07 Å². The molecule has 0 amide bonds. The monoisotopic (exact) mass is 412 g/mol. The Morgan fingerprint density at radius 3 is 2.47 bits per heavy atom. The van der Waals surface area contributed by atoms with Crippen molar-refractivity contribution in [2.45, 2.75) is 0 Å². The molecule has 1 saturated heterocycles. The molecule has 0 spiro atoms. The Hall–Kier alpha value is -3.17. The lowest BCUT2D eigenvalue weighted by molar-refractivity contribution is -0.383. The van der Waals surface area contributed by atoms with E-state index in [9.17, 15) is 10.1 Å². The first-order chi connectivity index (χ1) is 14.5. The van der Waals surface area contributed by atoms with Gasteiger partial charge in [-0.25, -0.2) is 0 Å². The largest absolute Gasteiger partial charge is 0.395 e. The number of benzene rings is 2. The molecule has 1 aliphatic rings. The van der Waals surface area contributed by atoms with Crippen molar-refractivity contribution >= 4 is 29.0 Å². The van der Waals surface area contributed by atoms with Crippen LogP contribution in [0.4, 0.5) is 22.7 Å². The van der Waals surface area contributed by atoms with E-state index in [4.69, 9.17) is 5.11 Å². The second-order valence-electron chi connectivity index (χ2n) is 7.37. The van der Waals surface area contributed by atoms with E-state index in [0.29, 0.717) is 12.2 Å². The number of hydrazone groups is 1. The minimum atomic E-state index is -0.410. The summed E-state index contributed by atoms with van der Waals surface area (Å²) in [6.45, 7) is 4.13. The molecule has 0 radical (unpaired) electrons. The van der Waals surface area contributed by atoms with Crippen molar-refractivity contribution in [3.05, 3.63) is 58.1 Å². The van der Waals surface area contributed by atoms with Crippen molar-refractivity contribution in [2.24, 2.45) is 5.10 Å². The standard InChI is InChI=1S/C21H28N6O3/c1-24(2)18-5-3-17(4-6-18)16-22-23-20-15-19(7-8-21(20)27(29)30)26-11-9-25(10-12-26)13-14-28/h3-8,15-16,23,28H,9-14H2,1-2H3/b22-16-. The van der Waals surface area contributed by atoms with Crippen LogP contribution >= 0.6 is 0 Å². The molecule has 1 fully saturated rings. The SMILES string of the molecule is CN(C)c1ccc(/C=N\Nc2cc(N3CCN(CCO)CC3)ccc2[N+](=O)[O-])cc1. The van der Waals surface area contributed by atoms with Crippen molar-refractivity contribution in [3.8, 4) is 0 Å². The predicted octanol–water partition coefficient (Wildman–Crippen LogP) is 2.22. The minimum absolute atomic E-state index is 0.0160. The van der Waals surface area contributed by atoms with Gasteiger partial charge in [-0.1, -0.05) is 12.1 Å². The number of β-amino-alcohol motifs (C(OH)–C–C–N with tert-alkyl or cyclic N) is 1. The van der Waals surface area contributed by atoms with Gasteiger partial charge in [0, 0.05) is 64.3 Å². The molecule has 9 heteroatoms. The summed E-state index contributed by atoms with van der Waals surface area (Å²) in [5.41, 5.74) is 6.07. The third-order valence-electron chi connectivity index (χ3n) is 5.14. The van der Waals surface area contributed by atoms with Gasteiger partial charge in [0.15, 0.2) is 0 Å². The Morgan fingerprint density at radius 2 is 1.87 bits per heavy atom. The number of hydrogen-bond acceptors (Lipinski definition) is 8. The lowest BCUT2D eigenvalue weighted by Crippen LogP contribution is -2.47. The first kappa shape index (κ1) is 21.5. The van der Waals surface area contributed by atoms with Gasteiger partial charge in [-0.3, -0.25) is 20.4 Å². The average molecular weight is 412 g/mol. The third kappa shape index (κ3) is 5.46. The van der Waals surface area contributed by atoms with E-state index in [1.54, 1.807) is 18.3 Å². The van der Waals surface area contributed by atoms with Gasteiger partial charge in [0.05, 0.1) is 17.7 Å². The summed E-state index contributed by atoms with van der Waals surface area (Å²) in [5.74, 6) is 0. The summed E-state index contributed by atoms with van der Waals surface area (Å²) < 4.78 is 0. The van der Waals surface area contributed by atoms with E-state index >= 15 is 0 Å². The molecule has 0 aliphatic carbocycles. The second-order valence-corrected chi connectivity index (χ2v) is 7.37. The highest BCUT2D eigenvalue weighted by atomic mass is 16.6. The van der Waals surface area contributed by atoms with Crippen LogP contribution in [0.2, 0.25) is 0 Å². The molecule has 9 nitrogen and oxygen atoms in total. The molecule has 0 aromatic heterocycles. The zero-order valence-corrected chi connectivity index (χ0v) is 17.4. The normalized spacial score (nSPS) is 14.8. The number of aliphatic hydroxyl groups is 1. The van der Waals surface area contributed by atoms with Gasteiger partial charge in [-0.15, -0.1) is 0 Å². The number of rotatable bonds is 8. The van der Waals surface area contributed by atoms with Gasteiger partial charge >= 0.3 is 0 Å². The highest BCUT2D eigenvalue weighted by Gasteiger charge is 2.20. The molecule has 3 rings (SSSR count). The van der Waals surface area contributed by atoms with E-state index in [-0.39, 0.29) is 12.3 Å². The highest BCUT2D eigenvalue weighted by molar-refractivity contribution is 5.81. The molecule has 30 heavy (non-hydrogen) atoms. The van der Waals surface area contributed by atoms with Gasteiger partial charge < -0.3 is 14.9 Å². The fourth-order valence-electron chi connectivity index (χ4n) is 3.38. The molecular formula is C21H28N6O3. The van der Waals surface area contributed by atoms with Gasteiger partial charge in [-0.2, -0.15) is 5.10 Å². The lowest BCUT2D eigenvalue weighted by Gasteiger charge is -2.35. The Bertz CT molecular complexity index is 877. The fraction of sp³-hybridized carbons (Fsp3) is 0.381. The van der Waals surface area contributed by atoms with Crippen LogP contribution in [0.3, 0.4) is 0 Å². The third-order valence-corrected chi connectivity index (χ3v) is 5.14. The van der Waals surface area contributed by atoms with Crippen LogP contribution in [-0.2, 0) is 0 Å². The first-order valence-electron chi connectivity index (χ1n) is 9.91.